The molecule has 15 heteroatoms. The Balaban J connectivity index is 0.00000376. The van der Waals surface area contributed by atoms with Gasteiger partial charge in [0.05, 0.1) is 6.04 Å². The molecule has 2 saturated carbocycles. The number of halogens is 1. The van der Waals surface area contributed by atoms with Crippen LogP contribution in [0.2, 0.25) is 0 Å². The zero-order valence-electron chi connectivity index (χ0n) is 41.1. The van der Waals surface area contributed by atoms with E-state index < -0.39 is 17.9 Å². The lowest BCUT2D eigenvalue weighted by Gasteiger charge is -2.40. The quantitative estimate of drug-likeness (QED) is 0.113. The third-order valence-electron chi connectivity index (χ3n) is 14.9. The van der Waals surface area contributed by atoms with Crippen LogP contribution in [0.4, 0.5) is 0 Å². The predicted molar refractivity (Wildman–Crippen MR) is 269 cm³/mol. The van der Waals surface area contributed by atoms with E-state index in [4.69, 9.17) is 15.1 Å². The monoisotopic (exact) mass is 998 g/mol. The van der Waals surface area contributed by atoms with Gasteiger partial charge in [0.15, 0.2) is 0 Å². The molecule has 2 saturated heterocycles. The Hall–Kier alpha value is -4.57. The van der Waals surface area contributed by atoms with Gasteiger partial charge in [0.25, 0.3) is 23.6 Å². The first kappa shape index (κ1) is 52.8. The van der Waals surface area contributed by atoms with E-state index in [0.717, 1.165) is 81.5 Å². The lowest BCUT2D eigenvalue weighted by Crippen LogP contribution is -2.51. The fourth-order valence-corrected chi connectivity index (χ4v) is 11.0. The molecule has 0 spiro atoms. The summed E-state index contributed by atoms with van der Waals surface area (Å²) in [5.41, 5.74) is 1.96. The highest BCUT2D eigenvalue weighted by atomic mass is 79.9. The van der Waals surface area contributed by atoms with E-state index in [2.05, 4.69) is 50.5 Å². The number of nitrogens with one attached hydrogen (secondary N) is 2. The van der Waals surface area contributed by atoms with Gasteiger partial charge < -0.3 is 40.1 Å². The van der Waals surface area contributed by atoms with Crippen LogP contribution in [0.3, 0.4) is 0 Å². The van der Waals surface area contributed by atoms with Gasteiger partial charge in [0, 0.05) is 68.5 Å². The first-order chi connectivity index (χ1) is 32.9. The van der Waals surface area contributed by atoms with Crippen LogP contribution in [0.5, 0.6) is 0 Å². The van der Waals surface area contributed by atoms with Crippen LogP contribution in [0.1, 0.15) is 164 Å². The maximum absolute atomic E-state index is 14.9. The van der Waals surface area contributed by atoms with Crippen LogP contribution < -0.4 is 10.6 Å². The average Bonchev–Trinajstić information content (AvgIpc) is 3.85. The SMILES string of the molecule is CCC(C)C(C=O)NC(=O)c1cc(-c2cc(C(=O)NCc3ccccc3Br)nc(C(=O)N3CCCCC3CN(C)C3CCCCC3)c2)cc(C(=O)N2CCCC2CN(C)C2CCCCC2)n1.CO. The van der Waals surface area contributed by atoms with Gasteiger partial charge in [0.2, 0.25) is 0 Å². The summed E-state index contributed by atoms with van der Waals surface area (Å²) < 4.78 is 0.850. The Morgan fingerprint density at radius 3 is 1.69 bits per heavy atom. The van der Waals surface area contributed by atoms with Gasteiger partial charge in [-0.05, 0) is 125 Å². The number of carbonyl (C=O) groups is 5. The van der Waals surface area contributed by atoms with Crippen molar-refractivity contribution in [3.8, 4) is 11.1 Å². The number of hydrogen-bond acceptors (Lipinski definition) is 10. The summed E-state index contributed by atoms with van der Waals surface area (Å²) in [6.07, 6.45) is 18.0. The van der Waals surface area contributed by atoms with E-state index in [1.165, 1.54) is 51.4 Å². The highest BCUT2D eigenvalue weighted by Crippen LogP contribution is 2.30. The molecule has 4 fully saturated rings. The van der Waals surface area contributed by atoms with Gasteiger partial charge in [-0.25, -0.2) is 9.97 Å². The predicted octanol–water partition coefficient (Wildman–Crippen LogP) is 7.92. The van der Waals surface area contributed by atoms with Crippen molar-refractivity contribution < 1.29 is 29.1 Å². The number of rotatable bonds is 17. The number of carbonyl (C=O) groups excluding carboxylic acids is 5. The van der Waals surface area contributed by atoms with Crippen LogP contribution in [0, 0.1) is 5.92 Å². The second-order valence-corrected chi connectivity index (χ2v) is 20.3. The van der Waals surface area contributed by atoms with E-state index in [-0.39, 0.29) is 59.1 Å². The van der Waals surface area contributed by atoms with Gasteiger partial charge in [-0.1, -0.05) is 92.9 Å². The van der Waals surface area contributed by atoms with E-state index >= 15 is 0 Å². The number of aliphatic hydroxyl groups excluding tert-OH is 1. The molecular weight excluding hydrogens is 925 g/mol. The van der Waals surface area contributed by atoms with Gasteiger partial charge in [-0.15, -0.1) is 0 Å². The number of aliphatic hydroxyl groups is 1. The summed E-state index contributed by atoms with van der Waals surface area (Å²) in [7, 11) is 5.34. The van der Waals surface area contributed by atoms with Gasteiger partial charge >= 0.3 is 0 Å². The van der Waals surface area contributed by atoms with Crippen molar-refractivity contribution in [2.45, 2.75) is 153 Å². The number of hydrogen-bond donors (Lipinski definition) is 3. The van der Waals surface area contributed by atoms with Crippen LogP contribution in [0.25, 0.3) is 11.1 Å². The molecule has 1 aromatic carbocycles. The summed E-state index contributed by atoms with van der Waals surface area (Å²) in [6.45, 7) is 6.73. The molecule has 4 heterocycles. The minimum Gasteiger partial charge on any atom is -0.400 e. The highest BCUT2D eigenvalue weighted by molar-refractivity contribution is 9.10. The molecule has 4 aliphatic rings. The fraction of sp³-hybridized carbons (Fsp3) is 0.604. The first-order valence-electron chi connectivity index (χ1n) is 25.2. The molecule has 68 heavy (non-hydrogen) atoms. The van der Waals surface area contributed by atoms with Gasteiger partial charge in [0.1, 0.15) is 29.1 Å². The molecule has 2 aliphatic heterocycles. The number of amides is 4. The molecule has 3 aromatic rings. The highest BCUT2D eigenvalue weighted by Gasteiger charge is 2.35. The molecule has 2 aromatic heterocycles. The molecule has 4 amide bonds. The maximum atomic E-state index is 14.9. The molecule has 0 bridgehead atoms. The minimum atomic E-state index is -0.759. The van der Waals surface area contributed by atoms with E-state index in [0.29, 0.717) is 42.7 Å². The van der Waals surface area contributed by atoms with Crippen molar-refractivity contribution in [3.05, 3.63) is 81.3 Å². The number of nitrogens with zero attached hydrogens (tertiary/aromatic N) is 6. The van der Waals surface area contributed by atoms with E-state index in [1.807, 2.05) is 47.9 Å². The minimum absolute atomic E-state index is 0.0152. The van der Waals surface area contributed by atoms with Crippen molar-refractivity contribution in [2.24, 2.45) is 5.92 Å². The standard InChI is InChI=1S/C52H71BrN8O5.CH4O/c1-5-35(2)48(34-62)57-50(64)45-28-38(30-47(56-45)52(66)61-26-16-23-42(61)33-59(4)40-20-10-7-11-21-40)37-27-44(49(63)54-31-36-17-12-13-24-43(36)53)55-46(29-37)51(65)60-25-15-14-22-41(60)32-58(3)39-18-8-6-9-19-39;1-2/h12-13,17,24,27-30,34-35,39-42,48H,5-11,14-16,18-23,25-26,31-33H2,1-4H3,(H,54,63)(H,57,64);2H,1H3. The lowest BCUT2D eigenvalue weighted by molar-refractivity contribution is -0.110. The molecule has 3 N–H and O–H groups in total. The largest absolute Gasteiger partial charge is 0.400 e. The molecular formula is C53H75BrN8O6. The fourth-order valence-electron chi connectivity index (χ4n) is 10.6. The van der Waals surface area contributed by atoms with Crippen LogP contribution in [-0.2, 0) is 11.3 Å². The molecule has 14 nitrogen and oxygen atoms in total. The molecule has 7 rings (SSSR count). The Bertz CT molecular complexity index is 2180. The van der Waals surface area contributed by atoms with Crippen molar-refractivity contribution in [1.82, 2.24) is 40.2 Å². The third-order valence-corrected chi connectivity index (χ3v) is 15.7. The Labute approximate surface area is 412 Å². The smallest absolute Gasteiger partial charge is 0.272 e. The third kappa shape index (κ3) is 13.6. The average molecular weight is 1000 g/mol. The molecule has 4 atom stereocenters. The Morgan fingerprint density at radius 1 is 0.706 bits per heavy atom. The van der Waals surface area contributed by atoms with Crippen molar-refractivity contribution in [2.75, 3.05) is 47.4 Å². The van der Waals surface area contributed by atoms with Crippen molar-refractivity contribution in [1.29, 1.82) is 0 Å². The summed E-state index contributed by atoms with van der Waals surface area (Å²) in [6, 6.07) is 14.4. The Kier molecular flexibility index (Phi) is 20.1. The summed E-state index contributed by atoms with van der Waals surface area (Å²) in [5, 5.41) is 12.9. The summed E-state index contributed by atoms with van der Waals surface area (Å²) >= 11 is 3.58. The number of benzene rings is 1. The number of likely N-dealkylation sites (N-methyl/N-ethyl adjacent to an activating group) is 2. The van der Waals surface area contributed by atoms with Crippen LogP contribution in [-0.4, -0.2) is 142 Å². The lowest BCUT2D eigenvalue weighted by atomic mass is 9.93. The van der Waals surface area contributed by atoms with Crippen LogP contribution in [0.15, 0.2) is 53.0 Å². The first-order valence-corrected chi connectivity index (χ1v) is 26.0. The van der Waals surface area contributed by atoms with E-state index in [1.54, 1.807) is 24.3 Å². The molecule has 0 radical (unpaired) electrons. The number of pyridine rings is 2. The van der Waals surface area contributed by atoms with E-state index in [9.17, 15) is 24.0 Å². The summed E-state index contributed by atoms with van der Waals surface area (Å²) in [4.78, 5) is 88.3. The second-order valence-electron chi connectivity index (χ2n) is 19.5. The van der Waals surface area contributed by atoms with Crippen molar-refractivity contribution in [3.63, 3.8) is 0 Å². The maximum Gasteiger partial charge on any atom is 0.272 e. The zero-order chi connectivity index (χ0) is 48.7. The normalized spacial score (nSPS) is 20.1. The molecule has 2 aliphatic carbocycles. The zero-order valence-corrected chi connectivity index (χ0v) is 42.6. The number of piperidine rings is 1. The molecule has 4 unspecified atom stereocenters. The van der Waals surface area contributed by atoms with Gasteiger partial charge in [-0.2, -0.15) is 0 Å². The topological polar surface area (TPSA) is 168 Å². The van der Waals surface area contributed by atoms with Gasteiger partial charge in [-0.3, -0.25) is 19.2 Å². The number of likely N-dealkylation sites (tertiary alicyclic amines) is 2. The van der Waals surface area contributed by atoms with Crippen molar-refractivity contribution >= 4 is 45.8 Å². The molecule has 370 valence electrons. The summed E-state index contributed by atoms with van der Waals surface area (Å²) in [5.74, 6) is -1.73. The second kappa shape index (κ2) is 25.9. The number of aldehydes is 1. The van der Waals surface area contributed by atoms with Crippen LogP contribution >= 0.6 is 15.9 Å². The number of aromatic nitrogens is 2. The Morgan fingerprint density at radius 2 is 1.18 bits per heavy atom.